The maximum absolute atomic E-state index is 7.46. The van der Waals surface area contributed by atoms with Crippen LogP contribution in [0.2, 0.25) is 5.02 Å². The Morgan fingerprint density at radius 2 is 2.21 bits per heavy atom. The van der Waals surface area contributed by atoms with Crippen molar-refractivity contribution in [3.8, 4) is 5.75 Å². The highest BCUT2D eigenvalue weighted by molar-refractivity contribution is 6.31. The Hall–Kier alpha value is -2.07. The maximum atomic E-state index is 7.46. The van der Waals surface area contributed by atoms with Gasteiger partial charge >= 0.3 is 0 Å². The third-order valence-electron chi connectivity index (χ3n) is 2.67. The molecular formula is C14H14ClN3O. The van der Waals surface area contributed by atoms with E-state index in [4.69, 9.17) is 27.5 Å². The molecule has 0 aliphatic heterocycles. The standard InChI is InChI=1S/C14H14ClN3O/c1-9-7-11(4-5-12(9)15)19-8-10-3-2-6-18-13(10)14(16)17/h2-7H,8H2,1H3,(H3,16,17). The van der Waals surface area contributed by atoms with Gasteiger partial charge < -0.3 is 10.5 Å². The summed E-state index contributed by atoms with van der Waals surface area (Å²) in [6.07, 6.45) is 1.60. The first kappa shape index (κ1) is 13.4. The summed E-state index contributed by atoms with van der Waals surface area (Å²) in [4.78, 5) is 4.07. The molecule has 0 aliphatic carbocycles. The van der Waals surface area contributed by atoms with Crippen molar-refractivity contribution in [3.05, 3.63) is 58.4 Å². The first-order chi connectivity index (χ1) is 9.08. The van der Waals surface area contributed by atoms with Gasteiger partial charge in [-0.1, -0.05) is 17.7 Å². The number of aryl methyl sites for hydroxylation is 1. The van der Waals surface area contributed by atoms with Crippen molar-refractivity contribution >= 4 is 17.4 Å². The summed E-state index contributed by atoms with van der Waals surface area (Å²) >= 11 is 5.95. The summed E-state index contributed by atoms with van der Waals surface area (Å²) in [7, 11) is 0. The van der Waals surface area contributed by atoms with Crippen LogP contribution in [-0.2, 0) is 6.61 Å². The molecule has 0 radical (unpaired) electrons. The Labute approximate surface area is 116 Å². The number of nitrogen functional groups attached to an aromatic ring is 1. The van der Waals surface area contributed by atoms with Gasteiger partial charge in [0, 0.05) is 16.8 Å². The average Bonchev–Trinajstić information content (AvgIpc) is 2.40. The summed E-state index contributed by atoms with van der Waals surface area (Å²) in [6.45, 7) is 2.23. The molecule has 2 aromatic rings. The maximum Gasteiger partial charge on any atom is 0.142 e. The van der Waals surface area contributed by atoms with E-state index < -0.39 is 0 Å². The van der Waals surface area contributed by atoms with Gasteiger partial charge in [-0.3, -0.25) is 10.4 Å². The van der Waals surface area contributed by atoms with Crippen LogP contribution in [0.4, 0.5) is 0 Å². The number of hydrogen-bond acceptors (Lipinski definition) is 3. The molecule has 0 spiro atoms. The number of rotatable bonds is 4. The smallest absolute Gasteiger partial charge is 0.142 e. The lowest BCUT2D eigenvalue weighted by molar-refractivity contribution is 0.305. The van der Waals surface area contributed by atoms with Crippen LogP contribution in [0, 0.1) is 12.3 Å². The van der Waals surface area contributed by atoms with Gasteiger partial charge in [0.05, 0.1) is 0 Å². The van der Waals surface area contributed by atoms with E-state index in [1.807, 2.05) is 19.1 Å². The molecule has 1 aromatic heterocycles. The first-order valence-corrected chi connectivity index (χ1v) is 6.13. The summed E-state index contributed by atoms with van der Waals surface area (Å²) in [5.74, 6) is 0.659. The number of benzene rings is 1. The molecule has 19 heavy (non-hydrogen) atoms. The molecular weight excluding hydrogens is 262 g/mol. The molecule has 3 N–H and O–H groups in total. The molecule has 0 bridgehead atoms. The van der Waals surface area contributed by atoms with E-state index in [1.165, 1.54) is 0 Å². The number of aromatic nitrogens is 1. The van der Waals surface area contributed by atoms with Gasteiger partial charge in [0.15, 0.2) is 0 Å². The van der Waals surface area contributed by atoms with Crippen LogP contribution >= 0.6 is 11.6 Å². The second-order valence-electron chi connectivity index (χ2n) is 4.12. The Morgan fingerprint density at radius 1 is 1.42 bits per heavy atom. The van der Waals surface area contributed by atoms with Crippen LogP contribution in [0.3, 0.4) is 0 Å². The largest absolute Gasteiger partial charge is 0.489 e. The Balaban J connectivity index is 2.14. The van der Waals surface area contributed by atoms with Gasteiger partial charge in [0.2, 0.25) is 0 Å². The second-order valence-corrected chi connectivity index (χ2v) is 4.53. The normalized spacial score (nSPS) is 10.2. The third kappa shape index (κ3) is 3.23. The van der Waals surface area contributed by atoms with Gasteiger partial charge in [0.25, 0.3) is 0 Å². The lowest BCUT2D eigenvalue weighted by Gasteiger charge is -2.10. The molecule has 98 valence electrons. The van der Waals surface area contributed by atoms with E-state index in [1.54, 1.807) is 24.4 Å². The van der Waals surface area contributed by atoms with Crippen molar-refractivity contribution in [3.63, 3.8) is 0 Å². The molecule has 0 fully saturated rings. The predicted molar refractivity (Wildman–Crippen MR) is 75.8 cm³/mol. The highest BCUT2D eigenvalue weighted by Crippen LogP contribution is 2.22. The first-order valence-electron chi connectivity index (χ1n) is 5.75. The summed E-state index contributed by atoms with van der Waals surface area (Å²) in [5, 5.41) is 8.17. The minimum Gasteiger partial charge on any atom is -0.489 e. The summed E-state index contributed by atoms with van der Waals surface area (Å²) in [5.41, 5.74) is 7.66. The van der Waals surface area contributed by atoms with Crippen molar-refractivity contribution in [1.29, 1.82) is 5.41 Å². The van der Waals surface area contributed by atoms with Crippen molar-refractivity contribution in [1.82, 2.24) is 4.98 Å². The number of pyridine rings is 1. The highest BCUT2D eigenvalue weighted by Gasteiger charge is 2.07. The quantitative estimate of drug-likeness (QED) is 0.666. The zero-order chi connectivity index (χ0) is 13.8. The topological polar surface area (TPSA) is 72.0 Å². The van der Waals surface area contributed by atoms with Crippen molar-refractivity contribution in [2.45, 2.75) is 13.5 Å². The number of nitrogens with two attached hydrogens (primary N) is 1. The van der Waals surface area contributed by atoms with E-state index in [9.17, 15) is 0 Å². The Morgan fingerprint density at radius 3 is 2.89 bits per heavy atom. The Kier molecular flexibility index (Phi) is 4.02. The molecule has 1 heterocycles. The Bertz CT molecular complexity index is 613. The molecule has 0 atom stereocenters. The molecule has 0 aliphatic rings. The van der Waals surface area contributed by atoms with Gasteiger partial charge in [-0.25, -0.2) is 0 Å². The molecule has 0 unspecified atom stereocenters. The minimum absolute atomic E-state index is 0.0634. The molecule has 1 aromatic carbocycles. The molecule has 4 nitrogen and oxygen atoms in total. The SMILES string of the molecule is Cc1cc(OCc2cccnc2C(=N)N)ccc1Cl. The van der Waals surface area contributed by atoms with Gasteiger partial charge in [-0.2, -0.15) is 0 Å². The molecule has 5 heteroatoms. The fourth-order valence-corrected chi connectivity index (χ4v) is 1.78. The number of ether oxygens (including phenoxy) is 1. The zero-order valence-corrected chi connectivity index (χ0v) is 11.2. The van der Waals surface area contributed by atoms with Crippen molar-refractivity contribution in [2.75, 3.05) is 0 Å². The lowest BCUT2D eigenvalue weighted by Crippen LogP contribution is -2.16. The number of nitrogens with one attached hydrogen (secondary N) is 1. The number of halogens is 1. The average molecular weight is 276 g/mol. The monoisotopic (exact) mass is 275 g/mol. The van der Waals surface area contributed by atoms with E-state index in [-0.39, 0.29) is 5.84 Å². The van der Waals surface area contributed by atoms with Crippen molar-refractivity contribution in [2.24, 2.45) is 5.73 Å². The van der Waals surface area contributed by atoms with Crippen LogP contribution in [0.5, 0.6) is 5.75 Å². The van der Waals surface area contributed by atoms with E-state index in [2.05, 4.69) is 4.98 Å². The summed E-state index contributed by atoms with van der Waals surface area (Å²) in [6, 6.07) is 9.09. The van der Waals surface area contributed by atoms with Gasteiger partial charge in [-0.05, 0) is 36.8 Å². The molecule has 0 saturated heterocycles. The summed E-state index contributed by atoms with van der Waals surface area (Å²) < 4.78 is 5.67. The molecule has 2 rings (SSSR count). The number of hydrogen-bond donors (Lipinski definition) is 2. The van der Waals surface area contributed by atoms with Gasteiger partial charge in [-0.15, -0.1) is 0 Å². The number of nitrogens with zero attached hydrogens (tertiary/aromatic N) is 1. The van der Waals surface area contributed by atoms with Crippen LogP contribution in [0.1, 0.15) is 16.8 Å². The zero-order valence-electron chi connectivity index (χ0n) is 10.5. The fourth-order valence-electron chi connectivity index (χ4n) is 1.67. The third-order valence-corrected chi connectivity index (χ3v) is 3.09. The predicted octanol–water partition coefficient (Wildman–Crippen LogP) is 2.91. The van der Waals surface area contributed by atoms with E-state index in [0.717, 1.165) is 16.9 Å². The fraction of sp³-hybridized carbons (Fsp3) is 0.143. The second kappa shape index (κ2) is 5.71. The molecule has 0 saturated carbocycles. The number of amidine groups is 1. The van der Waals surface area contributed by atoms with Crippen LogP contribution < -0.4 is 10.5 Å². The van der Waals surface area contributed by atoms with E-state index >= 15 is 0 Å². The minimum atomic E-state index is -0.0634. The van der Waals surface area contributed by atoms with Crippen LogP contribution in [0.15, 0.2) is 36.5 Å². The van der Waals surface area contributed by atoms with Crippen LogP contribution in [-0.4, -0.2) is 10.8 Å². The van der Waals surface area contributed by atoms with Crippen molar-refractivity contribution < 1.29 is 4.74 Å². The van der Waals surface area contributed by atoms with Crippen LogP contribution in [0.25, 0.3) is 0 Å². The molecule has 0 amide bonds. The lowest BCUT2D eigenvalue weighted by atomic mass is 10.2. The van der Waals surface area contributed by atoms with E-state index in [0.29, 0.717) is 17.3 Å². The highest BCUT2D eigenvalue weighted by atomic mass is 35.5. The van der Waals surface area contributed by atoms with Gasteiger partial charge in [0.1, 0.15) is 23.9 Å².